The molecular weight excluding hydrogens is 436 g/mol. The van der Waals surface area contributed by atoms with Crippen LogP contribution in [0.3, 0.4) is 0 Å². The van der Waals surface area contributed by atoms with Gasteiger partial charge in [0.2, 0.25) is 0 Å². The van der Waals surface area contributed by atoms with E-state index in [1.54, 1.807) is 0 Å². The first-order chi connectivity index (χ1) is 17.1. The van der Waals surface area contributed by atoms with Crippen molar-refractivity contribution >= 4 is 11.9 Å². The van der Waals surface area contributed by atoms with E-state index < -0.39 is 12.1 Å². The largest absolute Gasteiger partial charge is 0.481 e. The Morgan fingerprint density at radius 1 is 0.629 bits per heavy atom. The van der Waals surface area contributed by atoms with E-state index in [1.807, 2.05) is 6.92 Å². The molecule has 0 fully saturated rings. The summed E-state index contributed by atoms with van der Waals surface area (Å²) in [6.07, 6.45) is 32.7. The van der Waals surface area contributed by atoms with Crippen LogP contribution in [0.15, 0.2) is 12.2 Å². The third-order valence-electron chi connectivity index (χ3n) is 6.80. The zero-order chi connectivity index (χ0) is 25.8. The molecule has 0 saturated heterocycles. The Bertz CT molecular complexity index is 500. The maximum absolute atomic E-state index is 11.8. The molecule has 0 bridgehead atoms. The second kappa shape index (κ2) is 27.3. The van der Waals surface area contributed by atoms with Crippen LogP contribution in [-0.4, -0.2) is 23.1 Å². The highest BCUT2D eigenvalue weighted by Crippen LogP contribution is 2.14. The first-order valence-electron chi connectivity index (χ1n) is 15.2. The van der Waals surface area contributed by atoms with Gasteiger partial charge in [0.05, 0.1) is 6.42 Å². The van der Waals surface area contributed by atoms with Gasteiger partial charge in [0.25, 0.3) is 0 Å². The van der Waals surface area contributed by atoms with Gasteiger partial charge >= 0.3 is 11.9 Å². The molecule has 0 spiro atoms. The van der Waals surface area contributed by atoms with Crippen molar-refractivity contribution in [1.82, 2.24) is 0 Å². The molecule has 0 saturated carbocycles. The summed E-state index contributed by atoms with van der Waals surface area (Å²) in [7, 11) is 0. The normalized spacial score (nSPS) is 12.3. The second-order valence-corrected chi connectivity index (χ2v) is 10.3. The number of unbranched alkanes of at least 4 members (excludes halogenated alkanes) is 19. The molecule has 0 aliphatic carbocycles. The lowest BCUT2D eigenvalue weighted by atomic mass is 10.0. The number of carbonyl (C=O) groups is 2. The Balaban J connectivity index is 3.27. The van der Waals surface area contributed by atoms with Gasteiger partial charge in [0.15, 0.2) is 0 Å². The average molecular weight is 495 g/mol. The fourth-order valence-corrected chi connectivity index (χ4v) is 4.46. The summed E-state index contributed by atoms with van der Waals surface area (Å²) >= 11 is 0. The highest BCUT2D eigenvalue weighted by atomic mass is 16.5. The van der Waals surface area contributed by atoms with E-state index >= 15 is 0 Å². The number of hydrogen-bond acceptors (Lipinski definition) is 3. The molecule has 1 N–H and O–H groups in total. The van der Waals surface area contributed by atoms with E-state index in [0.29, 0.717) is 12.8 Å². The predicted molar refractivity (Wildman–Crippen MR) is 149 cm³/mol. The molecular formula is C31H58O4. The lowest BCUT2D eigenvalue weighted by Gasteiger charge is -2.13. The van der Waals surface area contributed by atoms with Gasteiger partial charge in [-0.2, -0.15) is 0 Å². The predicted octanol–water partition coefficient (Wildman–Crippen LogP) is 9.94. The van der Waals surface area contributed by atoms with Crippen LogP contribution in [0.25, 0.3) is 0 Å². The molecule has 0 heterocycles. The lowest BCUT2D eigenvalue weighted by molar-refractivity contribution is -0.153. The van der Waals surface area contributed by atoms with Crippen LogP contribution >= 0.6 is 0 Å². The van der Waals surface area contributed by atoms with Crippen molar-refractivity contribution in [3.63, 3.8) is 0 Å². The van der Waals surface area contributed by atoms with Crippen molar-refractivity contribution in [1.29, 1.82) is 0 Å². The molecule has 1 unspecified atom stereocenters. The molecule has 0 aromatic rings. The lowest BCUT2D eigenvalue weighted by Crippen LogP contribution is -2.20. The van der Waals surface area contributed by atoms with Gasteiger partial charge < -0.3 is 9.84 Å². The summed E-state index contributed by atoms with van der Waals surface area (Å²) in [5.74, 6) is -1.17. The van der Waals surface area contributed by atoms with Crippen LogP contribution in [0.5, 0.6) is 0 Å². The summed E-state index contributed by atoms with van der Waals surface area (Å²) in [6.45, 7) is 4.13. The summed E-state index contributed by atoms with van der Waals surface area (Å²) in [6, 6.07) is 0. The van der Waals surface area contributed by atoms with Gasteiger partial charge in [-0.1, -0.05) is 129 Å². The molecule has 1 atom stereocenters. The second-order valence-electron chi connectivity index (χ2n) is 10.3. The van der Waals surface area contributed by atoms with Crippen LogP contribution in [0.2, 0.25) is 0 Å². The van der Waals surface area contributed by atoms with Crippen molar-refractivity contribution in [3.05, 3.63) is 12.2 Å². The van der Waals surface area contributed by atoms with Crippen LogP contribution in [0, 0.1) is 0 Å². The molecule has 206 valence electrons. The maximum atomic E-state index is 11.8. The van der Waals surface area contributed by atoms with Crippen LogP contribution in [0.1, 0.15) is 168 Å². The van der Waals surface area contributed by atoms with E-state index in [2.05, 4.69) is 19.1 Å². The van der Waals surface area contributed by atoms with E-state index in [0.717, 1.165) is 12.8 Å². The number of carboxylic acid groups (broad SMARTS) is 1. The molecule has 0 aromatic carbocycles. The van der Waals surface area contributed by atoms with E-state index in [1.165, 1.54) is 122 Å². The molecule has 0 rings (SSSR count). The topological polar surface area (TPSA) is 63.6 Å². The van der Waals surface area contributed by atoms with Gasteiger partial charge in [-0.05, 0) is 38.5 Å². The minimum Gasteiger partial charge on any atom is -0.481 e. The van der Waals surface area contributed by atoms with Crippen molar-refractivity contribution in [2.24, 2.45) is 0 Å². The fraction of sp³-hybridized carbons (Fsp3) is 0.871. The number of carbonyl (C=O) groups excluding carboxylic acids is 1. The Morgan fingerprint density at radius 2 is 1.03 bits per heavy atom. The van der Waals surface area contributed by atoms with Gasteiger partial charge in [0.1, 0.15) is 6.10 Å². The summed E-state index contributed by atoms with van der Waals surface area (Å²) in [5, 5.41) is 8.80. The molecule has 0 amide bonds. The number of rotatable bonds is 27. The van der Waals surface area contributed by atoms with Gasteiger partial charge in [-0.15, -0.1) is 0 Å². The van der Waals surface area contributed by atoms with Crippen molar-refractivity contribution < 1.29 is 19.4 Å². The molecule has 4 heteroatoms. The summed E-state index contributed by atoms with van der Waals surface area (Å²) in [4.78, 5) is 22.5. The minimum absolute atomic E-state index is 0.0985. The molecule has 4 nitrogen and oxygen atoms in total. The molecule has 0 aliphatic rings. The minimum atomic E-state index is -0.915. The smallest absolute Gasteiger partial charge is 0.307 e. The zero-order valence-electron chi connectivity index (χ0n) is 23.4. The number of aliphatic carboxylic acids is 1. The Kier molecular flexibility index (Phi) is 26.2. The van der Waals surface area contributed by atoms with Crippen LogP contribution < -0.4 is 0 Å². The number of carboxylic acids is 1. The molecule has 0 aliphatic heterocycles. The van der Waals surface area contributed by atoms with Crippen molar-refractivity contribution in [3.8, 4) is 0 Å². The zero-order valence-corrected chi connectivity index (χ0v) is 23.4. The molecule has 35 heavy (non-hydrogen) atoms. The van der Waals surface area contributed by atoms with Gasteiger partial charge in [-0.3, -0.25) is 9.59 Å². The highest BCUT2D eigenvalue weighted by molar-refractivity contribution is 5.71. The Hall–Kier alpha value is -1.32. The number of ether oxygens (including phenoxy) is 1. The number of allylic oxidation sites excluding steroid dienone is 2. The van der Waals surface area contributed by atoms with Gasteiger partial charge in [0, 0.05) is 6.42 Å². The first-order valence-corrected chi connectivity index (χ1v) is 15.2. The van der Waals surface area contributed by atoms with Crippen molar-refractivity contribution in [2.75, 3.05) is 0 Å². The SMILES string of the molecule is CCCCCCCCCC/C=C\CCCCCCCCCCCCCC(=O)OC(CC)CC(=O)O. The van der Waals surface area contributed by atoms with Crippen LogP contribution in [0.4, 0.5) is 0 Å². The van der Waals surface area contributed by atoms with E-state index in [-0.39, 0.29) is 12.4 Å². The summed E-state index contributed by atoms with van der Waals surface area (Å²) in [5.41, 5.74) is 0. The third kappa shape index (κ3) is 27.1. The number of esters is 1. The first kappa shape index (κ1) is 33.7. The van der Waals surface area contributed by atoms with E-state index in [4.69, 9.17) is 9.84 Å². The Labute approximate surface area is 217 Å². The maximum Gasteiger partial charge on any atom is 0.307 e. The summed E-state index contributed by atoms with van der Waals surface area (Å²) < 4.78 is 5.24. The monoisotopic (exact) mass is 494 g/mol. The van der Waals surface area contributed by atoms with Crippen LogP contribution in [-0.2, 0) is 14.3 Å². The van der Waals surface area contributed by atoms with Gasteiger partial charge in [-0.25, -0.2) is 0 Å². The Morgan fingerprint density at radius 3 is 1.43 bits per heavy atom. The molecule has 0 radical (unpaired) electrons. The fourth-order valence-electron chi connectivity index (χ4n) is 4.46. The third-order valence-corrected chi connectivity index (χ3v) is 6.80. The number of hydrogen-bond donors (Lipinski definition) is 1. The molecule has 0 aromatic heterocycles. The standard InChI is InChI=1S/C31H58O4/c1-3-5-6-7-8-9-10-11-12-13-14-15-16-17-18-19-20-21-22-23-24-25-26-27-31(34)35-29(4-2)28-30(32)33/h13-14,29H,3-12,15-28H2,1-2H3,(H,32,33)/b14-13-. The highest BCUT2D eigenvalue weighted by Gasteiger charge is 2.15. The van der Waals surface area contributed by atoms with E-state index in [9.17, 15) is 9.59 Å². The average Bonchev–Trinajstić information content (AvgIpc) is 2.83. The quantitative estimate of drug-likeness (QED) is 0.0701. The van der Waals surface area contributed by atoms with Crippen molar-refractivity contribution in [2.45, 2.75) is 174 Å².